The highest BCUT2D eigenvalue weighted by Crippen LogP contribution is 2.63. The monoisotopic (exact) mass is 633 g/mol. The van der Waals surface area contributed by atoms with Crippen LogP contribution in [0.1, 0.15) is 32.8 Å². The summed E-state index contributed by atoms with van der Waals surface area (Å²) in [7, 11) is -4.26. The van der Waals surface area contributed by atoms with E-state index in [-0.39, 0.29) is 23.8 Å². The van der Waals surface area contributed by atoms with E-state index in [1.165, 1.54) is 15.6 Å². The summed E-state index contributed by atoms with van der Waals surface area (Å²) in [5.41, 5.74) is -1.43. The van der Waals surface area contributed by atoms with Crippen LogP contribution in [0.5, 0.6) is 0 Å². The number of sulfonamides is 1. The number of carbonyl (C=O) groups is 1. The first-order valence-electron chi connectivity index (χ1n) is 13.7. The molecular weight excluding hydrogens is 594 g/mol. The Labute approximate surface area is 254 Å². The molecule has 41 heavy (non-hydrogen) atoms. The third-order valence-electron chi connectivity index (χ3n) is 7.42. The van der Waals surface area contributed by atoms with Gasteiger partial charge >= 0.3 is 5.97 Å². The normalized spacial score (nSPS) is 21.2. The Kier molecular flexibility index (Phi) is 9.01. The summed E-state index contributed by atoms with van der Waals surface area (Å²) >= 11 is 7.27. The Morgan fingerprint density at radius 2 is 1.66 bits per heavy atom. The van der Waals surface area contributed by atoms with Crippen molar-refractivity contribution in [1.29, 1.82) is 0 Å². The third kappa shape index (κ3) is 6.50. The second-order valence-electron chi connectivity index (χ2n) is 12.9. The maximum Gasteiger partial charge on any atom is 0.329 e. The van der Waals surface area contributed by atoms with Crippen LogP contribution in [0, 0.1) is 0 Å². The lowest BCUT2D eigenvalue weighted by Gasteiger charge is -2.37. The van der Waals surface area contributed by atoms with Crippen LogP contribution in [0.2, 0.25) is 30.7 Å². The van der Waals surface area contributed by atoms with E-state index in [1.807, 2.05) is 48.5 Å². The van der Waals surface area contributed by atoms with E-state index in [0.717, 1.165) is 16.0 Å². The fourth-order valence-electron chi connectivity index (χ4n) is 5.34. The standard InChI is InChI=1S/C31H40ClNO5S2Si/c1-29(2,3)38-28(34)31(21-30(31,22-37-4)24-11-9-8-10-12-24)33(19-20-41(5,6)7)40(35,36)27-18-17-26(39-27)23-13-15-25(32)16-14-23/h8-18H,19-22H2,1-7H3/t30-,31+/m1/s1. The average Bonchev–Trinajstić information content (AvgIpc) is 3.27. The van der Waals surface area contributed by atoms with E-state index in [4.69, 9.17) is 21.1 Å². The van der Waals surface area contributed by atoms with Crippen molar-refractivity contribution in [1.82, 2.24) is 4.31 Å². The Morgan fingerprint density at radius 3 is 2.22 bits per heavy atom. The number of ether oxygens (including phenoxy) is 2. The number of halogens is 1. The van der Waals surface area contributed by atoms with Crippen molar-refractivity contribution in [2.24, 2.45) is 0 Å². The number of nitrogens with zero attached hydrogens (tertiary/aromatic N) is 1. The second kappa shape index (κ2) is 11.6. The quantitative estimate of drug-likeness (QED) is 0.162. The van der Waals surface area contributed by atoms with Gasteiger partial charge in [0, 0.05) is 31.6 Å². The molecule has 0 amide bonds. The van der Waals surface area contributed by atoms with Gasteiger partial charge in [-0.2, -0.15) is 4.31 Å². The van der Waals surface area contributed by atoms with Crippen LogP contribution in [-0.4, -0.2) is 58.2 Å². The SMILES string of the molecule is COC[C@@]1(c2ccccc2)C[C@@]1(C(=O)OC(C)(C)C)N(CC[Si](C)(C)C)S(=O)(=O)c1ccc(-c2ccc(Cl)cc2)s1. The zero-order valence-electron chi connectivity index (χ0n) is 24.9. The summed E-state index contributed by atoms with van der Waals surface area (Å²) in [6, 6.07) is 21.0. The Bertz CT molecular complexity index is 1480. The van der Waals surface area contributed by atoms with Gasteiger partial charge in [0.25, 0.3) is 10.0 Å². The highest BCUT2D eigenvalue weighted by atomic mass is 35.5. The van der Waals surface area contributed by atoms with E-state index in [0.29, 0.717) is 11.1 Å². The van der Waals surface area contributed by atoms with Gasteiger partial charge in [-0.3, -0.25) is 0 Å². The van der Waals surface area contributed by atoms with Gasteiger partial charge in [0.2, 0.25) is 0 Å². The molecule has 2 aromatic carbocycles. The molecule has 1 aromatic heterocycles. The van der Waals surface area contributed by atoms with Gasteiger partial charge < -0.3 is 9.47 Å². The van der Waals surface area contributed by atoms with Gasteiger partial charge in [0.15, 0.2) is 0 Å². The predicted octanol–water partition coefficient (Wildman–Crippen LogP) is 7.47. The molecule has 0 unspecified atom stereocenters. The van der Waals surface area contributed by atoms with Gasteiger partial charge in [-0.1, -0.05) is 73.7 Å². The molecule has 0 spiro atoms. The number of thiophene rings is 1. The highest BCUT2D eigenvalue weighted by Gasteiger charge is 2.79. The van der Waals surface area contributed by atoms with Crippen molar-refractivity contribution in [2.75, 3.05) is 20.3 Å². The third-order valence-corrected chi connectivity index (χ3v) is 12.9. The lowest BCUT2D eigenvalue weighted by molar-refractivity contribution is -0.162. The summed E-state index contributed by atoms with van der Waals surface area (Å²) in [5, 5.41) is 0.610. The number of esters is 1. The van der Waals surface area contributed by atoms with Crippen LogP contribution < -0.4 is 0 Å². The molecule has 0 bridgehead atoms. The maximum atomic E-state index is 14.7. The lowest BCUT2D eigenvalue weighted by atomic mass is 9.90. The number of hydrogen-bond acceptors (Lipinski definition) is 6. The van der Waals surface area contributed by atoms with Crippen LogP contribution >= 0.6 is 22.9 Å². The fraction of sp³-hybridized carbons (Fsp3) is 0.452. The van der Waals surface area contributed by atoms with Gasteiger partial charge in [-0.05, 0) is 68.6 Å². The van der Waals surface area contributed by atoms with Crippen molar-refractivity contribution in [3.63, 3.8) is 0 Å². The first kappa shape index (κ1) is 31.9. The number of hydrogen-bond donors (Lipinski definition) is 0. The predicted molar refractivity (Wildman–Crippen MR) is 170 cm³/mol. The first-order chi connectivity index (χ1) is 19.1. The molecule has 0 radical (unpaired) electrons. The minimum Gasteiger partial charge on any atom is -0.459 e. The molecule has 0 saturated heterocycles. The Balaban J connectivity index is 1.90. The van der Waals surface area contributed by atoms with Crippen molar-refractivity contribution in [3.8, 4) is 10.4 Å². The minimum absolute atomic E-state index is 0.176. The smallest absolute Gasteiger partial charge is 0.329 e. The molecular formula is C31H40ClNO5S2Si. The van der Waals surface area contributed by atoms with E-state index in [2.05, 4.69) is 19.6 Å². The Hall–Kier alpha value is -2.01. The highest BCUT2D eigenvalue weighted by molar-refractivity contribution is 7.91. The molecule has 0 N–H and O–H groups in total. The van der Waals surface area contributed by atoms with Crippen molar-refractivity contribution in [2.45, 2.75) is 73.6 Å². The molecule has 2 atom stereocenters. The molecule has 1 aliphatic carbocycles. The van der Waals surface area contributed by atoms with Crippen LogP contribution in [0.25, 0.3) is 10.4 Å². The molecule has 0 aliphatic heterocycles. The zero-order chi connectivity index (χ0) is 30.3. The van der Waals surface area contributed by atoms with Gasteiger partial charge in [-0.15, -0.1) is 11.3 Å². The number of rotatable bonds is 11. The molecule has 4 rings (SSSR count). The summed E-state index contributed by atoms with van der Waals surface area (Å²) in [4.78, 5) is 15.1. The summed E-state index contributed by atoms with van der Waals surface area (Å²) in [5.74, 6) is -0.542. The average molecular weight is 634 g/mol. The molecule has 10 heteroatoms. The van der Waals surface area contributed by atoms with Crippen LogP contribution in [0.4, 0.5) is 0 Å². The Morgan fingerprint density at radius 1 is 1.02 bits per heavy atom. The van der Waals surface area contributed by atoms with Gasteiger partial charge in [-0.25, -0.2) is 13.2 Å². The lowest BCUT2D eigenvalue weighted by Crippen LogP contribution is -2.55. The fourth-order valence-corrected chi connectivity index (χ4v) is 9.74. The van der Waals surface area contributed by atoms with Crippen LogP contribution in [0.15, 0.2) is 70.9 Å². The topological polar surface area (TPSA) is 72.9 Å². The summed E-state index contributed by atoms with van der Waals surface area (Å²) in [6.07, 6.45) is 0.271. The van der Waals surface area contributed by atoms with Gasteiger partial charge in [0.05, 0.1) is 12.0 Å². The first-order valence-corrected chi connectivity index (χ1v) is 20.1. The molecule has 222 valence electrons. The molecule has 1 heterocycles. The van der Waals surface area contributed by atoms with E-state index in [1.54, 1.807) is 46.1 Å². The second-order valence-corrected chi connectivity index (χ2v) is 22.2. The van der Waals surface area contributed by atoms with Crippen LogP contribution in [0.3, 0.4) is 0 Å². The molecule has 1 saturated carbocycles. The van der Waals surface area contributed by atoms with E-state index in [9.17, 15) is 13.2 Å². The molecule has 1 fully saturated rings. The van der Waals surface area contributed by atoms with Crippen molar-refractivity contribution < 1.29 is 22.7 Å². The maximum absolute atomic E-state index is 14.7. The number of benzene rings is 2. The minimum atomic E-state index is -4.12. The molecule has 1 aliphatic rings. The van der Waals surface area contributed by atoms with Crippen molar-refractivity contribution >= 4 is 47.0 Å². The summed E-state index contributed by atoms with van der Waals surface area (Å²) in [6.45, 7) is 12.4. The zero-order valence-corrected chi connectivity index (χ0v) is 28.3. The van der Waals surface area contributed by atoms with Crippen molar-refractivity contribution in [3.05, 3.63) is 77.3 Å². The number of methoxy groups -OCH3 is 1. The molecule has 6 nitrogen and oxygen atoms in total. The summed E-state index contributed by atoms with van der Waals surface area (Å²) < 4.78 is 42.8. The largest absolute Gasteiger partial charge is 0.459 e. The van der Waals surface area contributed by atoms with Gasteiger partial charge in [0.1, 0.15) is 15.3 Å². The molecule has 3 aromatic rings. The van der Waals surface area contributed by atoms with E-state index >= 15 is 0 Å². The van der Waals surface area contributed by atoms with Crippen LogP contribution in [-0.2, 0) is 29.7 Å². The van der Waals surface area contributed by atoms with E-state index < -0.39 is 40.6 Å². The number of carbonyl (C=O) groups excluding carboxylic acids is 1.